The molecule has 0 spiro atoms. The van der Waals surface area contributed by atoms with Gasteiger partial charge in [0.05, 0.1) is 12.2 Å². The molecule has 3 aromatic rings. The fraction of sp³-hybridized carbons (Fsp3) is 0.143. The second kappa shape index (κ2) is 6.67. The molecule has 0 bridgehead atoms. The van der Waals surface area contributed by atoms with Crippen LogP contribution < -0.4 is 5.32 Å². The van der Waals surface area contributed by atoms with E-state index in [1.54, 1.807) is 11.0 Å². The minimum atomic E-state index is -0.104. The molecule has 0 aliphatic rings. The van der Waals surface area contributed by atoms with Gasteiger partial charge in [-0.25, -0.2) is 9.97 Å². The molecule has 2 heterocycles. The lowest BCUT2D eigenvalue weighted by atomic mass is 10.2. The average Bonchev–Trinajstić information content (AvgIpc) is 3.17. The SMILES string of the molecule is O=C(CCn1cncn1)Nc1nc(-c2ccc(Cl)cc2)cs1. The van der Waals surface area contributed by atoms with E-state index in [1.165, 1.54) is 17.7 Å². The van der Waals surface area contributed by atoms with Gasteiger partial charge in [0.25, 0.3) is 0 Å². The highest BCUT2D eigenvalue weighted by atomic mass is 35.5. The summed E-state index contributed by atoms with van der Waals surface area (Å²) in [6.45, 7) is 0.487. The quantitative estimate of drug-likeness (QED) is 0.778. The second-order valence-electron chi connectivity index (χ2n) is 4.50. The summed E-state index contributed by atoms with van der Waals surface area (Å²) in [4.78, 5) is 20.1. The summed E-state index contributed by atoms with van der Waals surface area (Å²) in [6, 6.07) is 7.42. The van der Waals surface area contributed by atoms with Crippen molar-refractivity contribution in [2.45, 2.75) is 13.0 Å². The van der Waals surface area contributed by atoms with Crippen molar-refractivity contribution in [1.82, 2.24) is 19.7 Å². The molecule has 0 radical (unpaired) electrons. The number of carbonyl (C=O) groups excluding carboxylic acids is 1. The largest absolute Gasteiger partial charge is 0.302 e. The number of nitrogens with zero attached hydrogens (tertiary/aromatic N) is 4. The van der Waals surface area contributed by atoms with E-state index >= 15 is 0 Å². The first-order chi connectivity index (χ1) is 10.7. The minimum absolute atomic E-state index is 0.104. The first-order valence-corrected chi connectivity index (χ1v) is 7.80. The number of aromatic nitrogens is 4. The van der Waals surface area contributed by atoms with Gasteiger partial charge in [-0.15, -0.1) is 11.3 Å². The Hall–Kier alpha value is -2.25. The first kappa shape index (κ1) is 14.7. The van der Waals surface area contributed by atoms with Gasteiger partial charge in [0.2, 0.25) is 5.91 Å². The van der Waals surface area contributed by atoms with Crippen LogP contribution in [-0.4, -0.2) is 25.7 Å². The Morgan fingerprint density at radius 2 is 2.14 bits per heavy atom. The highest BCUT2D eigenvalue weighted by molar-refractivity contribution is 7.14. The molecule has 0 atom stereocenters. The van der Waals surface area contributed by atoms with Gasteiger partial charge in [-0.05, 0) is 12.1 Å². The molecular formula is C14H12ClN5OS. The fourth-order valence-electron chi connectivity index (χ4n) is 1.83. The van der Waals surface area contributed by atoms with Crippen molar-refractivity contribution in [3.05, 3.63) is 47.3 Å². The second-order valence-corrected chi connectivity index (χ2v) is 5.80. The van der Waals surface area contributed by atoms with Crippen LogP contribution >= 0.6 is 22.9 Å². The van der Waals surface area contributed by atoms with E-state index in [-0.39, 0.29) is 5.91 Å². The van der Waals surface area contributed by atoms with Crippen molar-refractivity contribution in [3.63, 3.8) is 0 Å². The number of anilines is 1. The monoisotopic (exact) mass is 333 g/mol. The number of rotatable bonds is 5. The van der Waals surface area contributed by atoms with Crippen molar-refractivity contribution in [1.29, 1.82) is 0 Å². The summed E-state index contributed by atoms with van der Waals surface area (Å²) in [6.07, 6.45) is 3.34. The predicted molar refractivity (Wildman–Crippen MR) is 85.8 cm³/mol. The first-order valence-electron chi connectivity index (χ1n) is 6.54. The third-order valence-corrected chi connectivity index (χ3v) is 3.93. The molecule has 1 amide bonds. The summed E-state index contributed by atoms with van der Waals surface area (Å²) < 4.78 is 1.61. The van der Waals surface area contributed by atoms with Crippen LogP contribution in [0.5, 0.6) is 0 Å². The van der Waals surface area contributed by atoms with Crippen molar-refractivity contribution in [2.24, 2.45) is 0 Å². The summed E-state index contributed by atoms with van der Waals surface area (Å²) in [7, 11) is 0. The number of benzene rings is 1. The van der Waals surface area contributed by atoms with Crippen LogP contribution in [0.4, 0.5) is 5.13 Å². The summed E-state index contributed by atoms with van der Waals surface area (Å²) in [5.74, 6) is -0.104. The number of halogens is 1. The Bertz CT molecular complexity index is 754. The number of carbonyl (C=O) groups is 1. The zero-order chi connectivity index (χ0) is 15.4. The Morgan fingerprint density at radius 3 is 2.86 bits per heavy atom. The third-order valence-electron chi connectivity index (χ3n) is 2.93. The molecule has 6 nitrogen and oxygen atoms in total. The zero-order valence-electron chi connectivity index (χ0n) is 11.4. The molecule has 1 aromatic carbocycles. The van der Waals surface area contributed by atoms with Gasteiger partial charge in [-0.2, -0.15) is 5.10 Å². The highest BCUT2D eigenvalue weighted by Crippen LogP contribution is 2.25. The molecule has 2 aromatic heterocycles. The van der Waals surface area contributed by atoms with Gasteiger partial charge in [-0.3, -0.25) is 9.48 Å². The summed E-state index contributed by atoms with van der Waals surface area (Å²) in [5.41, 5.74) is 1.78. The summed E-state index contributed by atoms with van der Waals surface area (Å²) in [5, 5.41) is 9.89. The maximum atomic E-state index is 11.9. The van der Waals surface area contributed by atoms with Crippen LogP contribution in [0, 0.1) is 0 Å². The number of hydrogen-bond acceptors (Lipinski definition) is 5. The van der Waals surface area contributed by atoms with E-state index in [2.05, 4.69) is 20.4 Å². The number of hydrogen-bond donors (Lipinski definition) is 1. The third kappa shape index (κ3) is 3.69. The molecule has 0 saturated carbocycles. The topological polar surface area (TPSA) is 72.7 Å². The molecule has 3 rings (SSSR count). The molecule has 112 valence electrons. The lowest BCUT2D eigenvalue weighted by molar-refractivity contribution is -0.116. The van der Waals surface area contributed by atoms with Crippen molar-refractivity contribution in [2.75, 3.05) is 5.32 Å². The molecule has 8 heteroatoms. The van der Waals surface area contributed by atoms with Gasteiger partial charge < -0.3 is 5.32 Å². The van der Waals surface area contributed by atoms with E-state index in [0.717, 1.165) is 11.3 Å². The molecule has 0 aliphatic heterocycles. The van der Waals surface area contributed by atoms with Crippen LogP contribution in [0.25, 0.3) is 11.3 Å². The molecule has 1 N–H and O–H groups in total. The van der Waals surface area contributed by atoms with Gasteiger partial charge in [-0.1, -0.05) is 23.7 Å². The van der Waals surface area contributed by atoms with Crippen LogP contribution in [0.1, 0.15) is 6.42 Å². The van der Waals surface area contributed by atoms with Crippen molar-refractivity contribution in [3.8, 4) is 11.3 Å². The number of amides is 1. The Morgan fingerprint density at radius 1 is 1.32 bits per heavy atom. The molecule has 0 aliphatic carbocycles. The van der Waals surface area contributed by atoms with Crippen LogP contribution in [0.3, 0.4) is 0 Å². The fourth-order valence-corrected chi connectivity index (χ4v) is 2.69. The van der Waals surface area contributed by atoms with E-state index in [0.29, 0.717) is 23.1 Å². The molecule has 22 heavy (non-hydrogen) atoms. The highest BCUT2D eigenvalue weighted by Gasteiger charge is 2.08. The van der Waals surface area contributed by atoms with Crippen LogP contribution in [-0.2, 0) is 11.3 Å². The zero-order valence-corrected chi connectivity index (χ0v) is 13.0. The van der Waals surface area contributed by atoms with Crippen molar-refractivity contribution >= 4 is 34.0 Å². The van der Waals surface area contributed by atoms with Crippen molar-refractivity contribution < 1.29 is 4.79 Å². The van der Waals surface area contributed by atoms with E-state index in [1.807, 2.05) is 29.6 Å². The molecule has 0 saturated heterocycles. The normalized spacial score (nSPS) is 10.6. The van der Waals surface area contributed by atoms with E-state index < -0.39 is 0 Å². The van der Waals surface area contributed by atoms with Gasteiger partial charge in [0.15, 0.2) is 5.13 Å². The predicted octanol–water partition coefficient (Wildman–Crippen LogP) is 3.08. The number of nitrogens with one attached hydrogen (secondary N) is 1. The lowest BCUT2D eigenvalue weighted by Gasteiger charge is -2.01. The number of thiazole rings is 1. The maximum Gasteiger partial charge on any atom is 0.228 e. The average molecular weight is 334 g/mol. The Balaban J connectivity index is 1.59. The minimum Gasteiger partial charge on any atom is -0.302 e. The van der Waals surface area contributed by atoms with Gasteiger partial charge in [0, 0.05) is 22.4 Å². The Kier molecular flexibility index (Phi) is 4.45. The smallest absolute Gasteiger partial charge is 0.228 e. The van der Waals surface area contributed by atoms with Gasteiger partial charge >= 0.3 is 0 Å². The molecule has 0 fully saturated rings. The standard InChI is InChI=1S/C14H12ClN5OS/c15-11-3-1-10(2-4-11)12-7-22-14(18-12)19-13(21)5-6-20-9-16-8-17-20/h1-4,7-9H,5-6H2,(H,18,19,21). The number of aryl methyl sites for hydroxylation is 1. The summed E-state index contributed by atoms with van der Waals surface area (Å²) >= 11 is 7.25. The van der Waals surface area contributed by atoms with E-state index in [9.17, 15) is 4.79 Å². The molecular weight excluding hydrogens is 322 g/mol. The van der Waals surface area contributed by atoms with E-state index in [4.69, 9.17) is 11.6 Å². The van der Waals surface area contributed by atoms with Gasteiger partial charge in [0.1, 0.15) is 12.7 Å². The maximum absolute atomic E-state index is 11.9. The van der Waals surface area contributed by atoms with Crippen LogP contribution in [0.15, 0.2) is 42.3 Å². The molecule has 0 unspecified atom stereocenters. The Labute approximate surface area is 135 Å². The van der Waals surface area contributed by atoms with Crippen LogP contribution in [0.2, 0.25) is 5.02 Å². The lowest BCUT2D eigenvalue weighted by Crippen LogP contribution is -2.14.